The summed E-state index contributed by atoms with van der Waals surface area (Å²) in [6.07, 6.45) is 6.02. The molecule has 1 unspecified atom stereocenters. The summed E-state index contributed by atoms with van der Waals surface area (Å²) in [5.41, 5.74) is 2.01. The predicted octanol–water partition coefficient (Wildman–Crippen LogP) is 3.17. The van der Waals surface area contributed by atoms with Crippen molar-refractivity contribution < 1.29 is 12.8 Å². The van der Waals surface area contributed by atoms with Crippen molar-refractivity contribution in [2.75, 3.05) is 11.6 Å². The lowest BCUT2D eigenvalue weighted by atomic mass is 9.93. The highest BCUT2D eigenvalue weighted by molar-refractivity contribution is 7.90. The molecule has 5 heteroatoms. The number of rotatable bonds is 3. The second-order valence-electron chi connectivity index (χ2n) is 5.19. The number of aryl methyl sites for hydroxylation is 1. The molecule has 1 atom stereocenters. The van der Waals surface area contributed by atoms with Crippen molar-refractivity contribution in [3.8, 4) is 0 Å². The van der Waals surface area contributed by atoms with Gasteiger partial charge in [0.1, 0.15) is 5.76 Å². The molecule has 0 amide bonds. The Labute approximate surface area is 118 Å². The lowest BCUT2D eigenvalue weighted by Crippen LogP contribution is -2.16. The zero-order valence-electron chi connectivity index (χ0n) is 11.3. The molecule has 1 aromatic heterocycles. The quantitative estimate of drug-likeness (QED) is 0.943. The van der Waals surface area contributed by atoms with Gasteiger partial charge in [0.25, 0.3) is 0 Å². The summed E-state index contributed by atoms with van der Waals surface area (Å²) in [7, 11) is -3.17. The third-order valence-corrected chi connectivity index (χ3v) is 4.77. The Balaban J connectivity index is 1.87. The monoisotopic (exact) mass is 291 g/mol. The second-order valence-corrected chi connectivity index (χ2v) is 7.20. The van der Waals surface area contributed by atoms with Gasteiger partial charge in [0.05, 0.1) is 17.2 Å². The summed E-state index contributed by atoms with van der Waals surface area (Å²) >= 11 is 0. The van der Waals surface area contributed by atoms with Gasteiger partial charge in [-0.05, 0) is 37.1 Å². The van der Waals surface area contributed by atoms with Crippen molar-refractivity contribution in [2.24, 2.45) is 0 Å². The highest BCUT2D eigenvalue weighted by Crippen LogP contribution is 2.33. The molecule has 0 saturated carbocycles. The molecule has 106 valence electrons. The summed E-state index contributed by atoms with van der Waals surface area (Å²) in [5, 5.41) is 3.41. The SMILES string of the molecule is CS(=O)(=O)c1cccc(NC2CCCc3occc32)c1. The maximum atomic E-state index is 11.6. The van der Waals surface area contributed by atoms with Gasteiger partial charge in [0, 0.05) is 23.9 Å². The van der Waals surface area contributed by atoms with Crippen LogP contribution in [0.5, 0.6) is 0 Å². The molecule has 0 aliphatic heterocycles. The van der Waals surface area contributed by atoms with Crippen molar-refractivity contribution in [3.05, 3.63) is 47.9 Å². The first-order valence-corrected chi connectivity index (χ1v) is 8.56. The highest BCUT2D eigenvalue weighted by atomic mass is 32.2. The van der Waals surface area contributed by atoms with Gasteiger partial charge in [-0.25, -0.2) is 8.42 Å². The number of hydrogen-bond acceptors (Lipinski definition) is 4. The summed E-state index contributed by atoms with van der Waals surface area (Å²) < 4.78 is 28.6. The molecule has 0 bridgehead atoms. The Morgan fingerprint density at radius 2 is 2.15 bits per heavy atom. The molecule has 1 aliphatic carbocycles. The van der Waals surface area contributed by atoms with Gasteiger partial charge in [-0.1, -0.05) is 6.07 Å². The van der Waals surface area contributed by atoms with Crippen molar-refractivity contribution in [1.29, 1.82) is 0 Å². The van der Waals surface area contributed by atoms with Crippen LogP contribution in [-0.4, -0.2) is 14.7 Å². The van der Waals surface area contributed by atoms with E-state index in [9.17, 15) is 8.42 Å². The van der Waals surface area contributed by atoms with Gasteiger partial charge in [-0.15, -0.1) is 0 Å². The molecule has 20 heavy (non-hydrogen) atoms. The number of benzene rings is 1. The van der Waals surface area contributed by atoms with Crippen molar-refractivity contribution in [1.82, 2.24) is 0 Å². The first kappa shape index (κ1) is 13.2. The van der Waals surface area contributed by atoms with Crippen LogP contribution < -0.4 is 5.32 Å². The van der Waals surface area contributed by atoms with E-state index < -0.39 is 9.84 Å². The molecule has 1 aromatic carbocycles. The molecule has 0 spiro atoms. The Bertz CT molecular complexity index is 718. The van der Waals surface area contributed by atoms with Gasteiger partial charge in [0.2, 0.25) is 0 Å². The van der Waals surface area contributed by atoms with E-state index in [-0.39, 0.29) is 6.04 Å². The third kappa shape index (κ3) is 2.58. The zero-order chi connectivity index (χ0) is 14.2. The Hall–Kier alpha value is -1.75. The topological polar surface area (TPSA) is 59.3 Å². The zero-order valence-corrected chi connectivity index (χ0v) is 12.1. The van der Waals surface area contributed by atoms with E-state index in [2.05, 4.69) is 5.32 Å². The maximum Gasteiger partial charge on any atom is 0.175 e. The Kier molecular flexibility index (Phi) is 3.30. The van der Waals surface area contributed by atoms with Crippen LogP contribution in [0.3, 0.4) is 0 Å². The molecule has 1 N–H and O–H groups in total. The average Bonchev–Trinajstić information content (AvgIpc) is 2.87. The molecule has 4 nitrogen and oxygen atoms in total. The molecule has 2 aromatic rings. The minimum atomic E-state index is -3.17. The van der Waals surface area contributed by atoms with Crippen molar-refractivity contribution in [3.63, 3.8) is 0 Å². The van der Waals surface area contributed by atoms with Gasteiger partial charge in [-0.3, -0.25) is 0 Å². The third-order valence-electron chi connectivity index (χ3n) is 3.66. The van der Waals surface area contributed by atoms with Crippen molar-refractivity contribution >= 4 is 15.5 Å². The molecule has 1 aliphatic rings. The van der Waals surface area contributed by atoms with Crippen LogP contribution in [0.4, 0.5) is 5.69 Å². The fourth-order valence-electron chi connectivity index (χ4n) is 2.65. The number of anilines is 1. The number of fused-ring (bicyclic) bond motifs is 1. The molecule has 0 radical (unpaired) electrons. The lowest BCUT2D eigenvalue weighted by molar-refractivity contribution is 0.461. The molecular weight excluding hydrogens is 274 g/mol. The van der Waals surface area contributed by atoms with Gasteiger partial charge < -0.3 is 9.73 Å². The molecule has 0 saturated heterocycles. The van der Waals surface area contributed by atoms with Crippen molar-refractivity contribution in [2.45, 2.75) is 30.2 Å². The van der Waals surface area contributed by atoms with Crippen LogP contribution in [0.15, 0.2) is 45.9 Å². The van der Waals surface area contributed by atoms with E-state index in [1.165, 1.54) is 11.8 Å². The largest absolute Gasteiger partial charge is 0.469 e. The average molecular weight is 291 g/mol. The number of furan rings is 1. The highest BCUT2D eigenvalue weighted by Gasteiger charge is 2.22. The number of hydrogen-bond donors (Lipinski definition) is 1. The fraction of sp³-hybridized carbons (Fsp3) is 0.333. The second kappa shape index (κ2) is 4.98. The van der Waals surface area contributed by atoms with Gasteiger partial charge in [-0.2, -0.15) is 0 Å². The van der Waals surface area contributed by atoms with Crippen LogP contribution in [0.2, 0.25) is 0 Å². The van der Waals surface area contributed by atoms with Gasteiger partial charge in [0.15, 0.2) is 9.84 Å². The minimum absolute atomic E-state index is 0.187. The normalized spacial score (nSPS) is 18.6. The van der Waals surface area contributed by atoms with Crippen LogP contribution >= 0.6 is 0 Å². The van der Waals surface area contributed by atoms with Crippen LogP contribution in [0, 0.1) is 0 Å². The number of nitrogens with one attached hydrogen (secondary N) is 1. The molecule has 3 rings (SSSR count). The van der Waals surface area contributed by atoms with E-state index in [0.29, 0.717) is 4.90 Å². The van der Waals surface area contributed by atoms with E-state index in [1.54, 1.807) is 24.5 Å². The van der Waals surface area contributed by atoms with Crippen LogP contribution in [0.25, 0.3) is 0 Å². The number of sulfone groups is 1. The lowest BCUT2D eigenvalue weighted by Gasteiger charge is -2.24. The van der Waals surface area contributed by atoms with Crippen LogP contribution in [-0.2, 0) is 16.3 Å². The smallest absolute Gasteiger partial charge is 0.175 e. The summed E-state index contributed by atoms with van der Waals surface area (Å²) in [6, 6.07) is 9.13. The molecule has 1 heterocycles. The van der Waals surface area contributed by atoms with Gasteiger partial charge >= 0.3 is 0 Å². The fourth-order valence-corrected chi connectivity index (χ4v) is 3.32. The van der Waals surface area contributed by atoms with E-state index in [4.69, 9.17) is 4.42 Å². The molecule has 0 fully saturated rings. The minimum Gasteiger partial charge on any atom is -0.469 e. The molecular formula is C15H17NO3S. The predicted molar refractivity (Wildman–Crippen MR) is 77.6 cm³/mol. The van der Waals surface area contributed by atoms with Crippen LogP contribution in [0.1, 0.15) is 30.2 Å². The summed E-state index contributed by atoms with van der Waals surface area (Å²) in [5.74, 6) is 1.04. The summed E-state index contributed by atoms with van der Waals surface area (Å²) in [4.78, 5) is 0.339. The maximum absolute atomic E-state index is 11.6. The Morgan fingerprint density at radius 3 is 2.95 bits per heavy atom. The van der Waals surface area contributed by atoms with E-state index in [1.807, 2.05) is 12.1 Å². The van der Waals surface area contributed by atoms with E-state index >= 15 is 0 Å². The first-order valence-electron chi connectivity index (χ1n) is 6.67. The summed E-state index contributed by atoms with van der Waals surface area (Å²) in [6.45, 7) is 0. The first-order chi connectivity index (χ1) is 9.54. The van der Waals surface area contributed by atoms with E-state index in [0.717, 1.165) is 30.7 Å². The standard InChI is InChI=1S/C15H17NO3S/c1-20(17,18)12-5-2-4-11(10-12)16-14-6-3-7-15-13(14)8-9-19-15/h2,4-5,8-10,14,16H,3,6-7H2,1H3. The Morgan fingerprint density at radius 1 is 1.30 bits per heavy atom.